The molecule has 1 aromatic carbocycles. The molecular weight excluding hydrogens is 374 g/mol. The molecule has 2 aromatic heterocycles. The highest BCUT2D eigenvalue weighted by Gasteiger charge is 2.26. The van der Waals surface area contributed by atoms with Crippen LogP contribution in [-0.2, 0) is 0 Å². The summed E-state index contributed by atoms with van der Waals surface area (Å²) in [6.45, 7) is 3.94. The molecule has 0 unspecified atom stereocenters. The second-order valence-electron chi connectivity index (χ2n) is 5.64. The van der Waals surface area contributed by atoms with Gasteiger partial charge in [-0.1, -0.05) is 34.9 Å². The summed E-state index contributed by atoms with van der Waals surface area (Å²) in [6.07, 6.45) is 1.46. The van der Waals surface area contributed by atoms with Gasteiger partial charge in [0.05, 0.1) is 6.26 Å². The lowest BCUT2D eigenvalue weighted by Gasteiger charge is -2.17. The van der Waals surface area contributed by atoms with Crippen molar-refractivity contribution in [3.63, 3.8) is 0 Å². The summed E-state index contributed by atoms with van der Waals surface area (Å²) in [6, 6.07) is 10.5. The first-order chi connectivity index (χ1) is 11.5. The third-order valence-electron chi connectivity index (χ3n) is 3.51. The van der Waals surface area contributed by atoms with Crippen LogP contribution in [0.2, 0.25) is 0 Å². The Kier molecular flexibility index (Phi) is 4.80. The van der Waals surface area contributed by atoms with E-state index in [1.54, 1.807) is 12.1 Å². The Morgan fingerprint density at radius 2 is 1.96 bits per heavy atom. The molecule has 6 nitrogen and oxygen atoms in total. The van der Waals surface area contributed by atoms with Gasteiger partial charge >= 0.3 is 0 Å². The minimum absolute atomic E-state index is 0.0714. The van der Waals surface area contributed by atoms with E-state index in [0.29, 0.717) is 11.7 Å². The molecule has 0 aliphatic carbocycles. The first-order valence-electron chi connectivity index (χ1n) is 7.48. The maximum Gasteiger partial charge on any atom is 0.287 e. The molecule has 0 aliphatic rings. The van der Waals surface area contributed by atoms with Crippen LogP contribution in [0.15, 0.2) is 56.1 Å². The highest BCUT2D eigenvalue weighted by atomic mass is 79.9. The average molecular weight is 390 g/mol. The summed E-state index contributed by atoms with van der Waals surface area (Å²) in [5, 5.41) is 6.89. The predicted octanol–water partition coefficient (Wildman–Crippen LogP) is 4.22. The summed E-state index contributed by atoms with van der Waals surface area (Å²) >= 11 is 3.39. The molecule has 1 N–H and O–H groups in total. The molecule has 1 atom stereocenters. The molecule has 0 fully saturated rings. The van der Waals surface area contributed by atoms with Crippen molar-refractivity contribution in [2.75, 3.05) is 0 Å². The molecule has 0 spiro atoms. The second kappa shape index (κ2) is 7.00. The highest BCUT2D eigenvalue weighted by molar-refractivity contribution is 9.10. The minimum atomic E-state index is -0.403. The first-order valence-corrected chi connectivity index (χ1v) is 8.28. The van der Waals surface area contributed by atoms with Crippen LogP contribution >= 0.6 is 15.9 Å². The van der Waals surface area contributed by atoms with Crippen molar-refractivity contribution in [2.45, 2.75) is 19.9 Å². The normalized spacial score (nSPS) is 12.3. The summed E-state index contributed by atoms with van der Waals surface area (Å²) in [7, 11) is 0. The number of benzene rings is 1. The summed E-state index contributed by atoms with van der Waals surface area (Å²) < 4.78 is 11.5. The number of carbonyl (C=O) groups is 1. The number of furan rings is 1. The van der Waals surface area contributed by atoms with Gasteiger partial charge in [-0.2, -0.15) is 4.98 Å². The number of nitrogens with one attached hydrogen (secondary N) is 1. The van der Waals surface area contributed by atoms with Gasteiger partial charge in [-0.05, 0) is 42.3 Å². The van der Waals surface area contributed by atoms with Crippen molar-refractivity contribution in [1.29, 1.82) is 0 Å². The Morgan fingerprint density at radius 3 is 2.58 bits per heavy atom. The lowest BCUT2D eigenvalue weighted by Crippen LogP contribution is -2.31. The van der Waals surface area contributed by atoms with Gasteiger partial charge in [-0.25, -0.2) is 0 Å². The van der Waals surface area contributed by atoms with E-state index in [2.05, 4.69) is 31.4 Å². The lowest BCUT2D eigenvalue weighted by molar-refractivity contribution is 0.0885. The van der Waals surface area contributed by atoms with Crippen molar-refractivity contribution in [3.8, 4) is 11.4 Å². The fourth-order valence-corrected chi connectivity index (χ4v) is 2.48. The maximum atomic E-state index is 12.2. The topological polar surface area (TPSA) is 81.2 Å². The van der Waals surface area contributed by atoms with Gasteiger partial charge in [-0.3, -0.25) is 4.79 Å². The molecule has 2 heterocycles. The molecule has 0 saturated carbocycles. The monoisotopic (exact) mass is 389 g/mol. The lowest BCUT2D eigenvalue weighted by atomic mass is 10.0. The van der Waals surface area contributed by atoms with Crippen molar-refractivity contribution < 1.29 is 13.7 Å². The molecule has 3 aromatic rings. The molecule has 0 saturated heterocycles. The highest BCUT2D eigenvalue weighted by Crippen LogP contribution is 2.25. The molecule has 24 heavy (non-hydrogen) atoms. The maximum absolute atomic E-state index is 12.2. The Balaban J connectivity index is 1.82. The Labute approximate surface area is 147 Å². The molecular formula is C17H16BrN3O3. The van der Waals surface area contributed by atoms with Gasteiger partial charge in [0.1, 0.15) is 6.04 Å². The van der Waals surface area contributed by atoms with Crippen molar-refractivity contribution in [3.05, 3.63) is 58.8 Å². The van der Waals surface area contributed by atoms with Crippen LogP contribution in [0.3, 0.4) is 0 Å². The fourth-order valence-electron chi connectivity index (χ4n) is 2.21. The molecule has 3 rings (SSSR count). The number of hydrogen-bond acceptors (Lipinski definition) is 5. The van der Waals surface area contributed by atoms with Crippen LogP contribution in [0.5, 0.6) is 0 Å². The Bertz CT molecular complexity index is 810. The smallest absolute Gasteiger partial charge is 0.287 e. The van der Waals surface area contributed by atoms with Gasteiger partial charge in [0.2, 0.25) is 11.7 Å². The number of hydrogen-bond donors (Lipinski definition) is 1. The largest absolute Gasteiger partial charge is 0.459 e. The van der Waals surface area contributed by atoms with E-state index in [4.69, 9.17) is 8.94 Å². The van der Waals surface area contributed by atoms with E-state index in [9.17, 15) is 4.79 Å². The van der Waals surface area contributed by atoms with Crippen molar-refractivity contribution in [2.24, 2.45) is 5.92 Å². The van der Waals surface area contributed by atoms with E-state index in [1.165, 1.54) is 6.26 Å². The SMILES string of the molecule is CC(C)[C@@H](NC(=O)c1ccco1)c1nc(-c2ccc(Br)cc2)no1. The standard InChI is InChI=1S/C17H16BrN3O3/c1-10(2)14(19-16(22)13-4-3-9-23-13)17-20-15(21-24-17)11-5-7-12(18)8-6-11/h3-10,14H,1-2H3,(H,19,22)/t14-/m1/s1. The van der Waals surface area contributed by atoms with E-state index < -0.39 is 6.04 Å². The second-order valence-corrected chi connectivity index (χ2v) is 6.55. The van der Waals surface area contributed by atoms with Gasteiger partial charge in [0.25, 0.3) is 5.91 Å². The number of rotatable bonds is 5. The number of carbonyl (C=O) groups excluding carboxylic acids is 1. The molecule has 1 amide bonds. The van der Waals surface area contributed by atoms with Crippen LogP contribution in [0.25, 0.3) is 11.4 Å². The number of aromatic nitrogens is 2. The van der Waals surface area contributed by atoms with Gasteiger partial charge in [0, 0.05) is 10.0 Å². The molecule has 0 radical (unpaired) electrons. The van der Waals surface area contributed by atoms with Crippen molar-refractivity contribution in [1.82, 2.24) is 15.5 Å². The zero-order valence-electron chi connectivity index (χ0n) is 13.2. The first kappa shape index (κ1) is 16.4. The zero-order valence-corrected chi connectivity index (χ0v) is 14.8. The summed E-state index contributed by atoms with van der Waals surface area (Å²) in [4.78, 5) is 16.6. The third-order valence-corrected chi connectivity index (χ3v) is 4.04. The van der Waals surface area contributed by atoms with E-state index in [1.807, 2.05) is 38.1 Å². The van der Waals surface area contributed by atoms with Gasteiger partial charge in [-0.15, -0.1) is 0 Å². The van der Waals surface area contributed by atoms with Gasteiger partial charge in [0.15, 0.2) is 5.76 Å². The van der Waals surface area contributed by atoms with Crippen LogP contribution < -0.4 is 5.32 Å². The van der Waals surface area contributed by atoms with Crippen LogP contribution in [0.1, 0.15) is 36.3 Å². The number of amides is 1. The van der Waals surface area contributed by atoms with Gasteiger partial charge < -0.3 is 14.3 Å². The number of nitrogens with zero attached hydrogens (tertiary/aromatic N) is 2. The third kappa shape index (κ3) is 3.56. The zero-order chi connectivity index (χ0) is 17.1. The van der Waals surface area contributed by atoms with Crippen LogP contribution in [0.4, 0.5) is 0 Å². The molecule has 7 heteroatoms. The van der Waals surface area contributed by atoms with Crippen molar-refractivity contribution >= 4 is 21.8 Å². The minimum Gasteiger partial charge on any atom is -0.459 e. The van der Waals surface area contributed by atoms with Crippen LogP contribution in [0, 0.1) is 5.92 Å². The average Bonchev–Trinajstić information content (AvgIpc) is 3.24. The fraction of sp³-hybridized carbons (Fsp3) is 0.235. The predicted molar refractivity (Wildman–Crippen MR) is 91.2 cm³/mol. The molecule has 0 bridgehead atoms. The van der Waals surface area contributed by atoms with Crippen LogP contribution in [-0.4, -0.2) is 16.0 Å². The Hall–Kier alpha value is -2.41. The summed E-state index contributed by atoms with van der Waals surface area (Å²) in [5.74, 6) is 0.843. The Morgan fingerprint density at radius 1 is 1.21 bits per heavy atom. The van der Waals surface area contributed by atoms with E-state index >= 15 is 0 Å². The molecule has 124 valence electrons. The summed E-state index contributed by atoms with van der Waals surface area (Å²) in [5.41, 5.74) is 0.841. The van der Waals surface area contributed by atoms with E-state index in [-0.39, 0.29) is 17.6 Å². The molecule has 0 aliphatic heterocycles. The number of halogens is 1. The quantitative estimate of drug-likeness (QED) is 0.706. The van der Waals surface area contributed by atoms with E-state index in [0.717, 1.165) is 10.0 Å².